The fourth-order valence-corrected chi connectivity index (χ4v) is 3.96. The van der Waals surface area contributed by atoms with Gasteiger partial charge in [-0.1, -0.05) is 0 Å². The van der Waals surface area contributed by atoms with Gasteiger partial charge >= 0.3 is 0 Å². The van der Waals surface area contributed by atoms with E-state index in [-0.39, 0.29) is 11.8 Å². The Balaban J connectivity index is 1.54. The quantitative estimate of drug-likeness (QED) is 0.833. The fourth-order valence-electron chi connectivity index (χ4n) is 3.96. The number of fused-ring (bicyclic) bond motifs is 1. The highest BCUT2D eigenvalue weighted by Gasteiger charge is 2.30. The van der Waals surface area contributed by atoms with Gasteiger partial charge in [0.05, 0.1) is 23.2 Å². The second-order valence-corrected chi connectivity index (χ2v) is 7.80. The molecule has 0 radical (unpaired) electrons. The predicted octanol–water partition coefficient (Wildman–Crippen LogP) is 1.05. The summed E-state index contributed by atoms with van der Waals surface area (Å²) in [6.45, 7) is 7.55. The molecule has 0 unspecified atom stereocenters. The summed E-state index contributed by atoms with van der Waals surface area (Å²) >= 11 is 0. The van der Waals surface area contributed by atoms with Crippen LogP contribution in [0.3, 0.4) is 0 Å². The smallest absolute Gasteiger partial charge is 0.254 e. The summed E-state index contributed by atoms with van der Waals surface area (Å²) in [5.41, 5.74) is 3.36. The van der Waals surface area contributed by atoms with Crippen LogP contribution >= 0.6 is 0 Å². The van der Waals surface area contributed by atoms with Crippen molar-refractivity contribution in [1.82, 2.24) is 29.9 Å². The van der Waals surface area contributed by atoms with Crippen LogP contribution in [-0.4, -0.2) is 75.6 Å². The molecular formula is C20H28N6O2. The molecule has 1 aliphatic carbocycles. The first-order chi connectivity index (χ1) is 13.5. The lowest BCUT2D eigenvalue weighted by Gasteiger charge is -2.34. The first-order valence-corrected chi connectivity index (χ1v) is 10.1. The van der Waals surface area contributed by atoms with Gasteiger partial charge in [-0.25, -0.2) is 4.98 Å². The molecule has 2 aliphatic rings. The fraction of sp³-hybridized carbons (Fsp3) is 0.600. The molecule has 1 saturated carbocycles. The molecule has 150 valence electrons. The molecule has 1 saturated heterocycles. The van der Waals surface area contributed by atoms with Crippen molar-refractivity contribution < 1.29 is 9.59 Å². The maximum absolute atomic E-state index is 13.4. The molecule has 4 rings (SSSR count). The van der Waals surface area contributed by atoms with E-state index in [4.69, 9.17) is 4.98 Å². The molecule has 8 heteroatoms. The van der Waals surface area contributed by atoms with Gasteiger partial charge < -0.3 is 10.2 Å². The van der Waals surface area contributed by atoms with Gasteiger partial charge in [-0.15, -0.1) is 0 Å². The monoisotopic (exact) mass is 384 g/mol. The van der Waals surface area contributed by atoms with Crippen LogP contribution in [0.4, 0.5) is 0 Å². The van der Waals surface area contributed by atoms with Gasteiger partial charge in [0.25, 0.3) is 5.91 Å². The molecule has 2 aromatic rings. The minimum absolute atomic E-state index is 0.0400. The molecule has 2 aromatic heterocycles. The second-order valence-electron chi connectivity index (χ2n) is 7.80. The van der Waals surface area contributed by atoms with E-state index in [9.17, 15) is 9.59 Å². The van der Waals surface area contributed by atoms with Crippen molar-refractivity contribution in [2.75, 3.05) is 39.3 Å². The number of amides is 2. The number of likely N-dealkylation sites (N-methyl/N-ethyl adjacent to an activating group) is 1. The molecule has 0 spiro atoms. The van der Waals surface area contributed by atoms with Gasteiger partial charge in [-0.3, -0.25) is 19.2 Å². The number of nitrogens with zero attached hydrogens (tertiary/aromatic N) is 5. The molecule has 0 atom stereocenters. The lowest BCUT2D eigenvalue weighted by atomic mass is 10.1. The number of pyridine rings is 1. The summed E-state index contributed by atoms with van der Waals surface area (Å²) in [6, 6.07) is 1.98. The number of aromatic nitrogens is 3. The van der Waals surface area contributed by atoms with Gasteiger partial charge in [-0.05, 0) is 32.8 Å². The Bertz CT molecular complexity index is 909. The average Bonchev–Trinajstić information content (AvgIpc) is 3.48. The normalized spacial score (nSPS) is 17.9. The lowest BCUT2D eigenvalue weighted by Crippen LogP contribution is -2.51. The van der Waals surface area contributed by atoms with Crippen molar-refractivity contribution in [3.05, 3.63) is 23.0 Å². The summed E-state index contributed by atoms with van der Waals surface area (Å²) in [6.07, 6.45) is 2.28. The molecule has 28 heavy (non-hydrogen) atoms. The Morgan fingerprint density at radius 2 is 1.93 bits per heavy atom. The maximum Gasteiger partial charge on any atom is 0.254 e. The predicted molar refractivity (Wildman–Crippen MR) is 106 cm³/mol. The van der Waals surface area contributed by atoms with E-state index in [1.54, 1.807) is 4.68 Å². The van der Waals surface area contributed by atoms with E-state index in [1.807, 2.05) is 31.9 Å². The van der Waals surface area contributed by atoms with Crippen LogP contribution < -0.4 is 5.32 Å². The minimum atomic E-state index is 0.0400. The molecule has 8 nitrogen and oxygen atoms in total. The van der Waals surface area contributed by atoms with Crippen molar-refractivity contribution in [1.29, 1.82) is 0 Å². The number of hydrogen-bond donors (Lipinski definition) is 1. The number of aryl methyl sites for hydroxylation is 2. The van der Waals surface area contributed by atoms with E-state index in [0.29, 0.717) is 45.2 Å². The third-order valence-corrected chi connectivity index (χ3v) is 5.62. The highest BCUT2D eigenvalue weighted by molar-refractivity contribution is 6.06. The van der Waals surface area contributed by atoms with Crippen LogP contribution in [0.5, 0.6) is 0 Å². The van der Waals surface area contributed by atoms with Gasteiger partial charge in [0, 0.05) is 51.4 Å². The number of carbonyl (C=O) groups is 2. The Morgan fingerprint density at radius 1 is 1.21 bits per heavy atom. The largest absolute Gasteiger partial charge is 0.355 e. The molecule has 0 bridgehead atoms. The highest BCUT2D eigenvalue weighted by atomic mass is 16.2. The van der Waals surface area contributed by atoms with Crippen molar-refractivity contribution in [2.45, 2.75) is 32.6 Å². The maximum atomic E-state index is 13.4. The van der Waals surface area contributed by atoms with Crippen molar-refractivity contribution >= 4 is 22.8 Å². The van der Waals surface area contributed by atoms with E-state index < -0.39 is 0 Å². The van der Waals surface area contributed by atoms with Gasteiger partial charge in [-0.2, -0.15) is 5.10 Å². The zero-order chi connectivity index (χ0) is 19.8. The summed E-state index contributed by atoms with van der Waals surface area (Å²) in [4.78, 5) is 33.9. The third kappa shape index (κ3) is 3.61. The second kappa shape index (κ2) is 7.50. The summed E-state index contributed by atoms with van der Waals surface area (Å²) < 4.78 is 1.78. The van der Waals surface area contributed by atoms with Crippen LogP contribution in [0.25, 0.3) is 11.0 Å². The van der Waals surface area contributed by atoms with Crippen LogP contribution in [0.2, 0.25) is 0 Å². The minimum Gasteiger partial charge on any atom is -0.355 e. The number of rotatable bonds is 5. The van der Waals surface area contributed by atoms with Crippen molar-refractivity contribution in [2.24, 2.45) is 7.05 Å². The van der Waals surface area contributed by atoms with Crippen molar-refractivity contribution in [3.63, 3.8) is 0 Å². The zero-order valence-corrected chi connectivity index (χ0v) is 16.9. The SMILES string of the molecule is CCNC(=O)CN1CCN(C(=O)c2cc(C3CC3)nc3c2c(C)nn3C)CC1. The van der Waals surface area contributed by atoms with Crippen molar-refractivity contribution in [3.8, 4) is 0 Å². The Labute approximate surface area is 164 Å². The summed E-state index contributed by atoms with van der Waals surface area (Å²) in [5.74, 6) is 0.557. The Morgan fingerprint density at radius 3 is 2.57 bits per heavy atom. The van der Waals surface area contributed by atoms with E-state index in [0.717, 1.165) is 40.8 Å². The number of carbonyl (C=O) groups excluding carboxylic acids is 2. The van der Waals surface area contributed by atoms with Crippen LogP contribution in [0, 0.1) is 6.92 Å². The summed E-state index contributed by atoms with van der Waals surface area (Å²) in [5, 5.41) is 8.18. The Kier molecular flexibility index (Phi) is 5.05. The number of hydrogen-bond acceptors (Lipinski definition) is 5. The highest BCUT2D eigenvalue weighted by Crippen LogP contribution is 2.40. The summed E-state index contributed by atoms with van der Waals surface area (Å²) in [7, 11) is 1.88. The molecule has 1 aliphatic heterocycles. The van der Waals surface area contributed by atoms with Gasteiger partial charge in [0.1, 0.15) is 0 Å². The van der Waals surface area contributed by atoms with E-state index >= 15 is 0 Å². The molecule has 1 N–H and O–H groups in total. The number of piperazine rings is 1. The lowest BCUT2D eigenvalue weighted by molar-refractivity contribution is -0.122. The van der Waals surface area contributed by atoms with Gasteiger partial charge in [0.2, 0.25) is 5.91 Å². The first-order valence-electron chi connectivity index (χ1n) is 10.1. The number of nitrogens with one attached hydrogen (secondary N) is 1. The molecule has 2 amide bonds. The van der Waals surface area contributed by atoms with E-state index in [2.05, 4.69) is 15.3 Å². The van der Waals surface area contributed by atoms with Crippen LogP contribution in [0.1, 0.15) is 47.4 Å². The standard InChI is InChI=1S/C20H28N6O2/c1-4-21-17(27)12-25-7-9-26(10-8-25)20(28)15-11-16(14-5-6-14)22-19-18(15)13(2)23-24(19)3/h11,14H,4-10,12H2,1-3H3,(H,21,27). The third-order valence-electron chi connectivity index (χ3n) is 5.62. The molecule has 2 fully saturated rings. The first kappa shape index (κ1) is 18.9. The molecule has 0 aromatic carbocycles. The zero-order valence-electron chi connectivity index (χ0n) is 16.9. The van der Waals surface area contributed by atoms with Crippen LogP contribution in [-0.2, 0) is 11.8 Å². The molecule has 3 heterocycles. The van der Waals surface area contributed by atoms with E-state index in [1.165, 1.54) is 0 Å². The topological polar surface area (TPSA) is 83.4 Å². The Hall–Kier alpha value is -2.48. The average molecular weight is 384 g/mol. The van der Waals surface area contributed by atoms with Gasteiger partial charge in [0.15, 0.2) is 5.65 Å². The molecular weight excluding hydrogens is 356 g/mol. The van der Waals surface area contributed by atoms with Crippen LogP contribution in [0.15, 0.2) is 6.07 Å².